The van der Waals surface area contributed by atoms with E-state index in [4.69, 9.17) is 4.74 Å². The number of fused-ring (bicyclic) bond motifs is 2. The van der Waals surface area contributed by atoms with Gasteiger partial charge in [-0.1, -0.05) is 36.4 Å². The largest absolute Gasteiger partial charge is 0.496 e. The molecule has 0 aromatic heterocycles. The van der Waals surface area contributed by atoms with Crippen LogP contribution in [0, 0.1) is 0 Å². The minimum Gasteiger partial charge on any atom is -0.496 e. The van der Waals surface area contributed by atoms with Gasteiger partial charge in [0.2, 0.25) is 0 Å². The Balaban J connectivity index is 2.54. The molecule has 3 aromatic carbocycles. The van der Waals surface area contributed by atoms with Crippen molar-refractivity contribution in [2.24, 2.45) is 0 Å². The van der Waals surface area contributed by atoms with E-state index in [1.54, 1.807) is 37.4 Å². The van der Waals surface area contributed by atoms with Gasteiger partial charge < -0.3 is 4.74 Å². The fraction of sp³-hybridized carbons (Fsp3) is 0.125. The van der Waals surface area contributed by atoms with Crippen LogP contribution in [0.4, 0.5) is 0 Å². The highest BCUT2D eigenvalue weighted by atomic mass is 32.2. The Morgan fingerprint density at radius 1 is 0.864 bits per heavy atom. The fourth-order valence-corrected chi connectivity index (χ4v) is 3.74. The van der Waals surface area contributed by atoms with E-state index >= 15 is 0 Å². The van der Waals surface area contributed by atoms with Crippen molar-refractivity contribution in [3.05, 3.63) is 48.5 Å². The molecule has 0 saturated carbocycles. The van der Waals surface area contributed by atoms with E-state index < -0.39 is 10.1 Å². The third kappa shape index (κ3) is 2.31. The first kappa shape index (κ1) is 14.8. The lowest BCUT2D eigenvalue weighted by Gasteiger charge is -2.13. The zero-order valence-corrected chi connectivity index (χ0v) is 12.9. The summed E-state index contributed by atoms with van der Waals surface area (Å²) in [7, 11) is -1.36. The first-order valence-electron chi connectivity index (χ1n) is 6.54. The average molecular weight is 318 g/mol. The molecule has 0 aliphatic rings. The fourth-order valence-electron chi connectivity index (χ4n) is 2.59. The second kappa shape index (κ2) is 5.57. The van der Waals surface area contributed by atoms with Crippen LogP contribution >= 0.6 is 0 Å². The van der Waals surface area contributed by atoms with Gasteiger partial charge in [0.1, 0.15) is 10.6 Å². The predicted molar refractivity (Wildman–Crippen MR) is 83.3 cm³/mol. The summed E-state index contributed by atoms with van der Waals surface area (Å²) in [5.74, 6) is 0.595. The summed E-state index contributed by atoms with van der Waals surface area (Å²) < 4.78 is 34.8. The van der Waals surface area contributed by atoms with Crippen LogP contribution in [0.5, 0.6) is 5.75 Å². The maximum atomic E-state index is 12.5. The normalized spacial score (nSPS) is 11.9. The molecule has 0 saturated heterocycles. The molecular formula is C16H14O5S. The van der Waals surface area contributed by atoms with Crippen molar-refractivity contribution in [3.63, 3.8) is 0 Å². The van der Waals surface area contributed by atoms with E-state index in [2.05, 4.69) is 9.22 Å². The van der Waals surface area contributed by atoms with Gasteiger partial charge in [-0.05, 0) is 17.5 Å². The highest BCUT2D eigenvalue weighted by molar-refractivity contribution is 7.87. The van der Waals surface area contributed by atoms with Crippen LogP contribution in [0.15, 0.2) is 53.4 Å². The Morgan fingerprint density at radius 3 is 2.32 bits per heavy atom. The Morgan fingerprint density at radius 2 is 1.59 bits per heavy atom. The topological polar surface area (TPSA) is 61.8 Å². The zero-order valence-electron chi connectivity index (χ0n) is 12.1. The average Bonchev–Trinajstić information content (AvgIpc) is 2.51. The summed E-state index contributed by atoms with van der Waals surface area (Å²) in [5, 5.41) is 2.56. The molecule has 5 nitrogen and oxygen atoms in total. The quantitative estimate of drug-likeness (QED) is 0.420. The summed E-state index contributed by atoms with van der Waals surface area (Å²) in [6.07, 6.45) is 0. The highest BCUT2D eigenvalue weighted by Gasteiger charge is 2.23. The van der Waals surface area contributed by atoms with E-state index in [1.165, 1.54) is 0 Å². The van der Waals surface area contributed by atoms with Crippen LogP contribution in [-0.2, 0) is 19.3 Å². The van der Waals surface area contributed by atoms with Crippen molar-refractivity contribution in [2.45, 2.75) is 4.90 Å². The molecule has 3 rings (SSSR count). The molecule has 0 aliphatic carbocycles. The summed E-state index contributed by atoms with van der Waals surface area (Å²) in [6, 6.07) is 14.3. The van der Waals surface area contributed by atoms with Crippen molar-refractivity contribution in [3.8, 4) is 5.75 Å². The van der Waals surface area contributed by atoms with Gasteiger partial charge in [-0.2, -0.15) is 8.42 Å². The predicted octanol–water partition coefficient (Wildman–Crippen LogP) is 3.27. The monoisotopic (exact) mass is 318 g/mol. The molecule has 0 bridgehead atoms. The van der Waals surface area contributed by atoms with E-state index in [1.807, 2.05) is 18.2 Å². The van der Waals surface area contributed by atoms with Crippen LogP contribution in [0.1, 0.15) is 0 Å². The maximum absolute atomic E-state index is 12.5. The van der Waals surface area contributed by atoms with Gasteiger partial charge in [-0.3, -0.25) is 0 Å². The lowest BCUT2D eigenvalue weighted by Crippen LogP contribution is -2.07. The Bertz CT molecular complexity index is 947. The van der Waals surface area contributed by atoms with Crippen LogP contribution in [0.2, 0.25) is 0 Å². The molecular weight excluding hydrogens is 304 g/mol. The minimum absolute atomic E-state index is 0.0707. The SMILES string of the molecule is COOS(=O)(=O)c1c2ccccc2cc2c(OC)cccc12. The van der Waals surface area contributed by atoms with Gasteiger partial charge in [0.05, 0.1) is 14.2 Å². The van der Waals surface area contributed by atoms with Crippen molar-refractivity contribution in [1.29, 1.82) is 0 Å². The summed E-state index contributed by atoms with van der Waals surface area (Å²) >= 11 is 0. The Hall–Kier alpha value is -2.15. The van der Waals surface area contributed by atoms with Crippen LogP contribution in [-0.4, -0.2) is 22.6 Å². The third-order valence-electron chi connectivity index (χ3n) is 3.44. The number of ether oxygens (including phenoxy) is 1. The van der Waals surface area contributed by atoms with E-state index in [0.29, 0.717) is 21.9 Å². The molecule has 0 fully saturated rings. The van der Waals surface area contributed by atoms with Crippen LogP contribution < -0.4 is 4.74 Å². The van der Waals surface area contributed by atoms with Crippen molar-refractivity contribution in [2.75, 3.05) is 14.2 Å². The molecule has 0 heterocycles. The number of rotatable bonds is 4. The van der Waals surface area contributed by atoms with Crippen molar-refractivity contribution < 1.29 is 22.4 Å². The number of benzene rings is 3. The van der Waals surface area contributed by atoms with Gasteiger partial charge >= 0.3 is 10.1 Å². The molecule has 0 spiro atoms. The molecule has 0 N–H and O–H groups in total. The molecule has 114 valence electrons. The smallest absolute Gasteiger partial charge is 0.324 e. The third-order valence-corrected chi connectivity index (χ3v) is 4.70. The van der Waals surface area contributed by atoms with E-state index in [-0.39, 0.29) is 4.90 Å². The van der Waals surface area contributed by atoms with Gasteiger partial charge in [0, 0.05) is 16.2 Å². The number of methoxy groups -OCH3 is 1. The van der Waals surface area contributed by atoms with Crippen molar-refractivity contribution >= 4 is 31.7 Å². The van der Waals surface area contributed by atoms with Gasteiger partial charge in [0.25, 0.3) is 0 Å². The molecule has 0 unspecified atom stereocenters. The Kier molecular flexibility index (Phi) is 3.74. The molecule has 0 amide bonds. The lowest BCUT2D eigenvalue weighted by molar-refractivity contribution is -0.172. The van der Waals surface area contributed by atoms with Crippen molar-refractivity contribution in [1.82, 2.24) is 0 Å². The molecule has 0 atom stereocenters. The molecule has 3 aromatic rings. The van der Waals surface area contributed by atoms with E-state index in [9.17, 15) is 8.42 Å². The maximum Gasteiger partial charge on any atom is 0.324 e. The molecule has 0 aliphatic heterocycles. The standard InChI is InChI=1S/C16H14O5S/c1-19-15-9-5-8-13-14(15)10-11-6-3-4-7-12(11)16(13)22(17,18)21-20-2/h3-10H,1-2H3. The lowest BCUT2D eigenvalue weighted by atomic mass is 10.0. The van der Waals surface area contributed by atoms with Crippen LogP contribution in [0.3, 0.4) is 0 Å². The highest BCUT2D eigenvalue weighted by Crippen LogP contribution is 2.36. The summed E-state index contributed by atoms with van der Waals surface area (Å²) in [5.41, 5.74) is 0. The first-order chi connectivity index (χ1) is 10.6. The first-order valence-corrected chi connectivity index (χ1v) is 7.95. The minimum atomic E-state index is -4.07. The zero-order chi connectivity index (χ0) is 15.7. The van der Waals surface area contributed by atoms with Crippen LogP contribution in [0.25, 0.3) is 21.5 Å². The molecule has 6 heteroatoms. The summed E-state index contributed by atoms with van der Waals surface area (Å²) in [6.45, 7) is 0. The second-order valence-electron chi connectivity index (χ2n) is 4.67. The number of hydrogen-bond donors (Lipinski definition) is 0. The summed E-state index contributed by atoms with van der Waals surface area (Å²) in [4.78, 5) is 4.47. The molecule has 22 heavy (non-hydrogen) atoms. The van der Waals surface area contributed by atoms with Gasteiger partial charge in [-0.25, -0.2) is 4.89 Å². The molecule has 0 radical (unpaired) electrons. The van der Waals surface area contributed by atoms with Gasteiger partial charge in [-0.15, -0.1) is 4.33 Å². The number of hydrogen-bond acceptors (Lipinski definition) is 5. The van der Waals surface area contributed by atoms with E-state index in [0.717, 1.165) is 12.5 Å². The second-order valence-corrected chi connectivity index (χ2v) is 6.12. The van der Waals surface area contributed by atoms with Gasteiger partial charge in [0.15, 0.2) is 0 Å². The Labute approximate surface area is 128 Å².